The number of hydrogen-bond donors (Lipinski definition) is 1. The predicted octanol–water partition coefficient (Wildman–Crippen LogP) is 12.6. The molecule has 3 aromatic carbocycles. The van der Waals surface area contributed by atoms with Gasteiger partial charge in [0.2, 0.25) is 0 Å². The SMILES string of the molecule is C=C(/C=C(/C)SCC1(C)C(C)=CC=C1OF)c1ccccc1.CCc1ccc(OCc2cc(-c3ccccc3)c(C(F)CC)s2)cc1.CN. The number of rotatable bonds is 13. The summed E-state index contributed by atoms with van der Waals surface area (Å²) in [5, 5.41) is 0. The zero-order valence-corrected chi connectivity index (χ0v) is 31.1. The molecule has 0 amide bonds. The van der Waals surface area contributed by atoms with E-state index >= 15 is 0 Å². The van der Waals surface area contributed by atoms with Gasteiger partial charge in [-0.3, -0.25) is 4.94 Å². The molecule has 7 heteroatoms. The number of ether oxygens (including phenoxy) is 1. The molecule has 2 atom stereocenters. The van der Waals surface area contributed by atoms with Crippen LogP contribution in [0, 0.1) is 5.41 Å². The Morgan fingerprint density at radius 2 is 1.61 bits per heavy atom. The van der Waals surface area contributed by atoms with Crippen molar-refractivity contribution in [3.05, 3.63) is 153 Å². The van der Waals surface area contributed by atoms with Gasteiger partial charge in [-0.1, -0.05) is 105 Å². The van der Waals surface area contributed by atoms with Crippen molar-refractivity contribution in [2.24, 2.45) is 11.1 Å². The van der Waals surface area contributed by atoms with E-state index in [9.17, 15) is 8.92 Å². The summed E-state index contributed by atoms with van der Waals surface area (Å²) in [7, 11) is 1.50. The van der Waals surface area contributed by atoms with Gasteiger partial charge in [0.15, 0.2) is 5.76 Å². The summed E-state index contributed by atoms with van der Waals surface area (Å²) >= 11 is 3.20. The van der Waals surface area contributed by atoms with Crippen molar-refractivity contribution >= 4 is 28.7 Å². The Bertz CT molecular complexity index is 1700. The van der Waals surface area contributed by atoms with Gasteiger partial charge in [-0.25, -0.2) is 4.39 Å². The summed E-state index contributed by atoms with van der Waals surface area (Å²) in [5.41, 5.74) is 10.7. The third-order valence-corrected chi connectivity index (χ3v) is 10.8. The zero-order valence-electron chi connectivity index (χ0n) is 29.5. The van der Waals surface area contributed by atoms with Gasteiger partial charge in [-0.05, 0) is 104 Å². The fraction of sp³-hybridized carbons (Fsp3) is 0.286. The zero-order chi connectivity index (χ0) is 35.8. The lowest BCUT2D eigenvalue weighted by Gasteiger charge is -2.26. The molecular weight excluding hydrogens is 653 g/mol. The maximum atomic E-state index is 14.4. The van der Waals surface area contributed by atoms with Gasteiger partial charge < -0.3 is 10.5 Å². The van der Waals surface area contributed by atoms with Gasteiger partial charge in [0, 0.05) is 20.0 Å². The maximum Gasteiger partial charge on any atom is 0.159 e. The summed E-state index contributed by atoms with van der Waals surface area (Å²) in [4.78, 5) is 7.03. The molecule has 0 bridgehead atoms. The van der Waals surface area contributed by atoms with Crippen LogP contribution in [0.2, 0.25) is 0 Å². The second kappa shape index (κ2) is 19.9. The van der Waals surface area contributed by atoms with Crippen LogP contribution < -0.4 is 10.5 Å². The molecule has 0 aliphatic heterocycles. The molecule has 5 rings (SSSR count). The highest BCUT2D eigenvalue weighted by atomic mass is 32.2. The molecule has 3 nitrogen and oxygen atoms in total. The van der Waals surface area contributed by atoms with Crippen molar-refractivity contribution in [2.75, 3.05) is 12.8 Å². The molecule has 1 aliphatic rings. The van der Waals surface area contributed by atoms with Gasteiger partial charge in [0.25, 0.3) is 0 Å². The Kier molecular flexibility index (Phi) is 16.1. The van der Waals surface area contributed by atoms with E-state index in [1.54, 1.807) is 17.8 Å². The fourth-order valence-corrected chi connectivity index (χ4v) is 7.38. The molecule has 0 radical (unpaired) electrons. The molecule has 1 aliphatic carbocycles. The first kappa shape index (κ1) is 39.5. The quantitative estimate of drug-likeness (QED) is 0.141. The maximum absolute atomic E-state index is 14.4. The number of hydrogen-bond acceptors (Lipinski definition) is 5. The van der Waals surface area contributed by atoms with Crippen molar-refractivity contribution in [1.82, 2.24) is 0 Å². The molecule has 2 N–H and O–H groups in total. The van der Waals surface area contributed by atoms with Crippen LogP contribution in [0.1, 0.15) is 68.1 Å². The van der Waals surface area contributed by atoms with Crippen LogP contribution in [0.5, 0.6) is 5.75 Å². The first-order valence-corrected chi connectivity index (χ1v) is 18.3. The molecule has 0 saturated heterocycles. The third-order valence-electron chi connectivity index (χ3n) is 8.34. The van der Waals surface area contributed by atoms with Crippen LogP contribution in [0.15, 0.2) is 132 Å². The summed E-state index contributed by atoms with van der Waals surface area (Å²) in [6, 6.07) is 30.3. The van der Waals surface area contributed by atoms with Gasteiger partial charge in [-0.15, -0.1) is 23.1 Å². The van der Waals surface area contributed by atoms with E-state index in [-0.39, 0.29) is 5.41 Å². The highest BCUT2D eigenvalue weighted by Gasteiger charge is 2.36. The van der Waals surface area contributed by atoms with Gasteiger partial charge in [-0.2, -0.15) is 0 Å². The average Bonchev–Trinajstić information content (AvgIpc) is 3.71. The van der Waals surface area contributed by atoms with Crippen molar-refractivity contribution in [3.63, 3.8) is 0 Å². The number of nitrogens with two attached hydrogens (primary N) is 1. The Labute approximate surface area is 300 Å². The molecule has 0 fully saturated rings. The molecule has 2 unspecified atom stereocenters. The van der Waals surface area contributed by atoms with E-state index in [4.69, 9.17) is 4.74 Å². The van der Waals surface area contributed by atoms with Crippen molar-refractivity contribution in [2.45, 2.75) is 60.2 Å². The van der Waals surface area contributed by atoms with Crippen molar-refractivity contribution in [3.8, 4) is 16.9 Å². The van der Waals surface area contributed by atoms with Crippen molar-refractivity contribution < 1.29 is 18.6 Å². The van der Waals surface area contributed by atoms with Crippen LogP contribution in [0.25, 0.3) is 16.7 Å². The number of aryl methyl sites for hydroxylation is 1. The number of thiophene rings is 1. The Morgan fingerprint density at radius 1 is 0.980 bits per heavy atom. The van der Waals surface area contributed by atoms with E-state index in [0.29, 0.717) is 18.8 Å². The minimum Gasteiger partial charge on any atom is -0.488 e. The molecule has 1 heterocycles. The average molecular weight is 702 g/mol. The summed E-state index contributed by atoms with van der Waals surface area (Å²) in [6.07, 6.45) is 6.26. The lowest BCUT2D eigenvalue weighted by atomic mass is 9.86. The molecule has 1 aromatic heterocycles. The first-order chi connectivity index (χ1) is 23.7. The minimum absolute atomic E-state index is 0.382. The number of benzene rings is 3. The van der Waals surface area contributed by atoms with Crippen LogP contribution in [-0.2, 0) is 18.0 Å². The normalized spacial score (nSPS) is 15.9. The first-order valence-electron chi connectivity index (χ1n) is 16.5. The van der Waals surface area contributed by atoms with Crippen LogP contribution in [0.4, 0.5) is 8.92 Å². The standard InChI is InChI=1S/C22H23FOS.C19H21FOS.CH5N/c1-3-16-10-12-18(13-11-16)24-15-19-14-20(17-8-6-5-7-9-17)22(25-19)21(23)4-2;1-14(17-8-6-5-7-9-17)12-16(3)22-13-19(4)15(2)10-11-18(19)21-20;1-2/h5-14,21H,3-4,15H2,1-2H3;5-12H,1,13H2,2-4H3;2H2,1H3/b;16-12-;. The highest BCUT2D eigenvalue weighted by Crippen LogP contribution is 2.44. The number of alkyl halides is 1. The molecular formula is C42H49F2NO2S2. The lowest BCUT2D eigenvalue weighted by Crippen LogP contribution is -2.22. The van der Waals surface area contributed by atoms with E-state index in [1.807, 2.05) is 99.6 Å². The van der Waals surface area contributed by atoms with Crippen molar-refractivity contribution in [1.29, 1.82) is 0 Å². The van der Waals surface area contributed by atoms with Crippen LogP contribution in [-0.4, -0.2) is 12.8 Å². The summed E-state index contributed by atoms with van der Waals surface area (Å²) in [5.74, 6) is 1.96. The van der Waals surface area contributed by atoms with Gasteiger partial charge >= 0.3 is 0 Å². The van der Waals surface area contributed by atoms with Crippen LogP contribution >= 0.6 is 23.1 Å². The molecule has 4 aromatic rings. The van der Waals surface area contributed by atoms with Gasteiger partial charge in [0.1, 0.15) is 18.5 Å². The number of allylic oxidation sites excluding steroid dienone is 6. The highest BCUT2D eigenvalue weighted by molar-refractivity contribution is 8.03. The molecule has 0 spiro atoms. The topological polar surface area (TPSA) is 44.5 Å². The third kappa shape index (κ3) is 11.0. The summed E-state index contributed by atoms with van der Waals surface area (Å²) < 4.78 is 33.0. The number of halogens is 2. The second-order valence-corrected chi connectivity index (χ2v) is 14.1. The fourth-order valence-electron chi connectivity index (χ4n) is 5.11. The monoisotopic (exact) mass is 701 g/mol. The Balaban J connectivity index is 0.000000255. The largest absolute Gasteiger partial charge is 0.488 e. The van der Waals surface area contributed by atoms with E-state index in [2.05, 4.69) is 55.4 Å². The second-order valence-electron chi connectivity index (χ2n) is 11.7. The van der Waals surface area contributed by atoms with Crippen LogP contribution in [0.3, 0.4) is 0 Å². The molecule has 260 valence electrons. The summed E-state index contributed by atoms with van der Waals surface area (Å²) in [6.45, 7) is 14.6. The van der Waals surface area contributed by atoms with E-state index in [1.165, 1.54) is 23.9 Å². The molecule has 0 saturated carbocycles. The molecule has 49 heavy (non-hydrogen) atoms. The number of thioether (sulfide) groups is 1. The lowest BCUT2D eigenvalue weighted by molar-refractivity contribution is -0.0999. The predicted molar refractivity (Wildman–Crippen MR) is 208 cm³/mol. The smallest absolute Gasteiger partial charge is 0.159 e. The van der Waals surface area contributed by atoms with Gasteiger partial charge in [0.05, 0.1) is 5.41 Å². The Morgan fingerprint density at radius 3 is 2.20 bits per heavy atom. The van der Waals surface area contributed by atoms with E-state index < -0.39 is 6.17 Å². The van der Waals surface area contributed by atoms with E-state index in [0.717, 1.165) is 60.4 Å². The Hall–Kier alpha value is -3.91. The minimum atomic E-state index is -0.933.